The van der Waals surface area contributed by atoms with E-state index in [-0.39, 0.29) is 27.6 Å². The Balaban J connectivity index is 1.67. The SMILES string of the molecule is COc1ccccc1NS(=O)(=O)c1cc(NC(=O)c2cccc(OC(F)F)c2)ccc1N1CCOCC1. The number of nitrogens with zero attached hydrogens (tertiary/aromatic N) is 1. The third-order valence-corrected chi connectivity index (χ3v) is 6.93. The lowest BCUT2D eigenvalue weighted by Crippen LogP contribution is -2.37. The zero-order valence-electron chi connectivity index (χ0n) is 19.8. The van der Waals surface area contributed by atoms with Gasteiger partial charge in [0.2, 0.25) is 0 Å². The molecule has 196 valence electrons. The summed E-state index contributed by atoms with van der Waals surface area (Å²) in [7, 11) is -2.70. The summed E-state index contributed by atoms with van der Waals surface area (Å²) in [6, 6.07) is 16.4. The molecular weight excluding hydrogens is 508 g/mol. The third kappa shape index (κ3) is 6.46. The van der Waals surface area contributed by atoms with Crippen molar-refractivity contribution >= 4 is 33.0 Å². The molecule has 0 atom stereocenters. The van der Waals surface area contributed by atoms with Gasteiger partial charge in [-0.2, -0.15) is 8.78 Å². The normalized spacial score (nSPS) is 13.8. The van der Waals surface area contributed by atoms with Gasteiger partial charge in [0.15, 0.2) is 0 Å². The second-order valence-electron chi connectivity index (χ2n) is 7.95. The van der Waals surface area contributed by atoms with Gasteiger partial charge in [-0.3, -0.25) is 9.52 Å². The van der Waals surface area contributed by atoms with Crippen LogP contribution in [0.2, 0.25) is 0 Å². The van der Waals surface area contributed by atoms with Crippen LogP contribution in [0.25, 0.3) is 0 Å². The average Bonchev–Trinajstić information content (AvgIpc) is 2.89. The predicted molar refractivity (Wildman–Crippen MR) is 134 cm³/mol. The molecule has 0 saturated carbocycles. The summed E-state index contributed by atoms with van der Waals surface area (Å²) in [4.78, 5) is 14.6. The van der Waals surface area contributed by atoms with Crippen molar-refractivity contribution in [3.8, 4) is 11.5 Å². The summed E-state index contributed by atoms with van der Waals surface area (Å²) in [5.41, 5.74) is 0.953. The van der Waals surface area contributed by atoms with Crippen LogP contribution in [0.15, 0.2) is 71.6 Å². The Morgan fingerprint density at radius 1 is 1.03 bits per heavy atom. The van der Waals surface area contributed by atoms with Crippen molar-refractivity contribution in [2.45, 2.75) is 11.5 Å². The monoisotopic (exact) mass is 533 g/mol. The van der Waals surface area contributed by atoms with Crippen molar-refractivity contribution in [3.05, 3.63) is 72.3 Å². The van der Waals surface area contributed by atoms with Crippen LogP contribution >= 0.6 is 0 Å². The van der Waals surface area contributed by atoms with Crippen molar-refractivity contribution in [2.75, 3.05) is 48.4 Å². The Kier molecular flexibility index (Phi) is 8.09. The van der Waals surface area contributed by atoms with Crippen LogP contribution in [0.1, 0.15) is 10.4 Å². The average molecular weight is 534 g/mol. The van der Waals surface area contributed by atoms with Crippen LogP contribution < -0.4 is 24.4 Å². The number of morpholine rings is 1. The zero-order valence-corrected chi connectivity index (χ0v) is 20.6. The molecule has 0 spiro atoms. The van der Waals surface area contributed by atoms with Crippen molar-refractivity contribution in [1.82, 2.24) is 0 Å². The van der Waals surface area contributed by atoms with Crippen LogP contribution in [-0.2, 0) is 14.8 Å². The maximum absolute atomic E-state index is 13.6. The van der Waals surface area contributed by atoms with Gasteiger partial charge < -0.3 is 24.4 Å². The number of nitrogens with one attached hydrogen (secondary N) is 2. The zero-order chi connectivity index (χ0) is 26.4. The fourth-order valence-electron chi connectivity index (χ4n) is 3.82. The molecule has 2 N–H and O–H groups in total. The van der Waals surface area contributed by atoms with Crippen molar-refractivity contribution in [1.29, 1.82) is 0 Å². The number of carbonyl (C=O) groups is 1. The van der Waals surface area contributed by atoms with E-state index >= 15 is 0 Å². The standard InChI is InChI=1S/C25H25F2N3O6S/c1-34-22-8-3-2-7-20(22)29-37(32,33)23-16-18(9-10-21(23)30-11-13-35-14-12-30)28-24(31)17-5-4-6-19(15-17)36-25(26)27/h2-10,15-16,25,29H,11-14H2,1H3,(H,28,31). The molecule has 12 heteroatoms. The summed E-state index contributed by atoms with van der Waals surface area (Å²) in [6.45, 7) is -1.18. The first-order valence-corrected chi connectivity index (χ1v) is 12.7. The highest BCUT2D eigenvalue weighted by Crippen LogP contribution is 2.33. The number of hydrogen-bond acceptors (Lipinski definition) is 7. The van der Waals surface area contributed by atoms with Crippen LogP contribution in [-0.4, -0.2) is 54.3 Å². The lowest BCUT2D eigenvalue weighted by Gasteiger charge is -2.30. The number of carbonyl (C=O) groups excluding carboxylic acids is 1. The van der Waals surface area contributed by atoms with Crippen molar-refractivity contribution in [2.24, 2.45) is 0 Å². The Bertz CT molecular complexity index is 1360. The number of benzene rings is 3. The van der Waals surface area contributed by atoms with E-state index in [2.05, 4.69) is 14.8 Å². The summed E-state index contributed by atoms with van der Waals surface area (Å²) in [5.74, 6) is -0.455. The van der Waals surface area contributed by atoms with E-state index in [1.54, 1.807) is 36.4 Å². The minimum Gasteiger partial charge on any atom is -0.495 e. The van der Waals surface area contributed by atoms with Gasteiger partial charge in [0, 0.05) is 24.3 Å². The largest absolute Gasteiger partial charge is 0.495 e. The van der Waals surface area contributed by atoms with Gasteiger partial charge in [-0.1, -0.05) is 18.2 Å². The van der Waals surface area contributed by atoms with Gasteiger partial charge in [-0.15, -0.1) is 0 Å². The van der Waals surface area contributed by atoms with Gasteiger partial charge >= 0.3 is 6.61 Å². The first-order chi connectivity index (χ1) is 17.8. The summed E-state index contributed by atoms with van der Waals surface area (Å²) in [5, 5.41) is 2.63. The summed E-state index contributed by atoms with van der Waals surface area (Å²) < 4.78 is 69.8. The number of ether oxygens (including phenoxy) is 3. The molecule has 0 aromatic heterocycles. The van der Waals surface area contributed by atoms with Crippen LogP contribution in [0.3, 0.4) is 0 Å². The third-order valence-electron chi connectivity index (χ3n) is 5.53. The fourth-order valence-corrected chi connectivity index (χ4v) is 5.14. The number of anilines is 3. The minimum atomic E-state index is -4.14. The molecule has 0 bridgehead atoms. The van der Waals surface area contributed by atoms with Crippen molar-refractivity contribution in [3.63, 3.8) is 0 Å². The molecule has 37 heavy (non-hydrogen) atoms. The van der Waals surface area contributed by atoms with Crippen LogP contribution in [0.5, 0.6) is 11.5 Å². The first-order valence-electron chi connectivity index (χ1n) is 11.3. The van der Waals surface area contributed by atoms with E-state index < -0.39 is 22.5 Å². The van der Waals surface area contributed by atoms with Gasteiger partial charge in [0.25, 0.3) is 15.9 Å². The molecule has 1 fully saturated rings. The fraction of sp³-hybridized carbons (Fsp3) is 0.240. The van der Waals surface area contributed by atoms with E-state index in [1.165, 1.54) is 37.4 Å². The molecule has 3 aromatic carbocycles. The second kappa shape index (κ2) is 11.4. The molecule has 0 aliphatic carbocycles. The minimum absolute atomic E-state index is 0.0620. The number of para-hydroxylation sites is 2. The molecular formula is C25H25F2N3O6S. The molecule has 3 aromatic rings. The predicted octanol–water partition coefficient (Wildman–Crippen LogP) is 4.19. The Labute approximate surface area is 213 Å². The summed E-state index contributed by atoms with van der Waals surface area (Å²) >= 11 is 0. The number of rotatable bonds is 9. The van der Waals surface area contributed by atoms with Crippen LogP contribution in [0.4, 0.5) is 25.8 Å². The van der Waals surface area contributed by atoms with Crippen LogP contribution in [0, 0.1) is 0 Å². The number of sulfonamides is 1. The van der Waals surface area contributed by atoms with E-state index in [0.29, 0.717) is 37.7 Å². The molecule has 0 radical (unpaired) electrons. The van der Waals surface area contributed by atoms with E-state index in [0.717, 1.165) is 0 Å². The number of amides is 1. The van der Waals surface area contributed by atoms with Gasteiger partial charge in [-0.05, 0) is 48.5 Å². The van der Waals surface area contributed by atoms with E-state index in [4.69, 9.17) is 9.47 Å². The van der Waals surface area contributed by atoms with E-state index in [9.17, 15) is 22.0 Å². The van der Waals surface area contributed by atoms with Crippen molar-refractivity contribution < 1.29 is 36.2 Å². The maximum atomic E-state index is 13.6. The second-order valence-corrected chi connectivity index (χ2v) is 9.60. The number of halogens is 2. The Morgan fingerprint density at radius 3 is 2.51 bits per heavy atom. The highest BCUT2D eigenvalue weighted by molar-refractivity contribution is 7.93. The number of alkyl halides is 2. The number of methoxy groups -OCH3 is 1. The quantitative estimate of drug-likeness (QED) is 0.425. The topological polar surface area (TPSA) is 106 Å². The van der Waals surface area contributed by atoms with Gasteiger partial charge in [-0.25, -0.2) is 8.42 Å². The first kappa shape index (κ1) is 26.2. The molecule has 0 unspecified atom stereocenters. The smallest absolute Gasteiger partial charge is 0.387 e. The lowest BCUT2D eigenvalue weighted by atomic mass is 10.2. The maximum Gasteiger partial charge on any atom is 0.387 e. The lowest BCUT2D eigenvalue weighted by molar-refractivity contribution is -0.0498. The molecule has 1 amide bonds. The van der Waals surface area contributed by atoms with Gasteiger partial charge in [0.05, 0.1) is 31.7 Å². The molecule has 1 heterocycles. The highest BCUT2D eigenvalue weighted by Gasteiger charge is 2.25. The Morgan fingerprint density at radius 2 is 1.78 bits per heavy atom. The Hall–Kier alpha value is -3.90. The molecule has 1 aliphatic rings. The van der Waals surface area contributed by atoms with Gasteiger partial charge in [0.1, 0.15) is 16.4 Å². The highest BCUT2D eigenvalue weighted by atomic mass is 32.2. The summed E-state index contributed by atoms with van der Waals surface area (Å²) in [6.07, 6.45) is 0. The molecule has 4 rings (SSSR count). The molecule has 1 saturated heterocycles. The molecule has 9 nitrogen and oxygen atoms in total. The van der Waals surface area contributed by atoms with E-state index in [1.807, 2.05) is 4.90 Å². The molecule has 1 aliphatic heterocycles. The number of hydrogen-bond donors (Lipinski definition) is 2.